The van der Waals surface area contributed by atoms with Crippen LogP contribution in [0.25, 0.3) is 0 Å². The molecule has 3 rings (SSSR count). The van der Waals surface area contributed by atoms with Crippen molar-refractivity contribution in [2.75, 3.05) is 44.2 Å². The third-order valence-electron chi connectivity index (χ3n) is 4.38. The number of benzene rings is 1. The Hall–Kier alpha value is -2.21. The van der Waals surface area contributed by atoms with Gasteiger partial charge in [-0.2, -0.15) is 0 Å². The van der Waals surface area contributed by atoms with Crippen molar-refractivity contribution in [1.29, 1.82) is 0 Å². The summed E-state index contributed by atoms with van der Waals surface area (Å²) >= 11 is 0. The van der Waals surface area contributed by atoms with E-state index in [4.69, 9.17) is 0 Å². The summed E-state index contributed by atoms with van der Waals surface area (Å²) in [6, 6.07) is 10.2. The maximum absolute atomic E-state index is 12.1. The average Bonchev–Trinajstić information content (AvgIpc) is 2.88. The Bertz CT molecular complexity index is 578. The van der Waals surface area contributed by atoms with E-state index in [1.807, 2.05) is 18.2 Å². The van der Waals surface area contributed by atoms with Crippen molar-refractivity contribution in [3.8, 4) is 0 Å². The number of anilines is 1. The molecule has 2 aliphatic heterocycles. The molecule has 0 saturated carbocycles. The lowest BCUT2D eigenvalue weighted by Gasteiger charge is -2.35. The summed E-state index contributed by atoms with van der Waals surface area (Å²) < 4.78 is 0. The number of Topliss-reactive ketones (excluding diaryl/α,β-unsaturated/α-hetero) is 1. The molecule has 0 aromatic heterocycles. The number of hydrogen-bond donors (Lipinski definition) is 0. The summed E-state index contributed by atoms with van der Waals surface area (Å²) in [7, 11) is 0. The topological polar surface area (TPSA) is 60.9 Å². The molecular formula is C17H21N3O3. The highest BCUT2D eigenvalue weighted by atomic mass is 16.2. The normalized spacial score (nSPS) is 19.5. The van der Waals surface area contributed by atoms with E-state index in [0.717, 1.165) is 31.1 Å². The van der Waals surface area contributed by atoms with Gasteiger partial charge in [0.2, 0.25) is 11.8 Å². The van der Waals surface area contributed by atoms with Gasteiger partial charge in [0, 0.05) is 44.7 Å². The Kier molecular flexibility index (Phi) is 4.71. The third-order valence-corrected chi connectivity index (χ3v) is 4.38. The summed E-state index contributed by atoms with van der Waals surface area (Å²) in [4.78, 5) is 40.7. The van der Waals surface area contributed by atoms with Crippen LogP contribution in [-0.2, 0) is 14.4 Å². The van der Waals surface area contributed by atoms with E-state index in [0.29, 0.717) is 6.54 Å². The molecule has 6 heteroatoms. The van der Waals surface area contributed by atoms with Crippen LogP contribution < -0.4 is 4.90 Å². The first-order chi connectivity index (χ1) is 11.1. The molecule has 0 spiro atoms. The molecular weight excluding hydrogens is 294 g/mol. The van der Waals surface area contributed by atoms with Crippen molar-refractivity contribution >= 4 is 23.3 Å². The van der Waals surface area contributed by atoms with E-state index in [1.54, 1.807) is 0 Å². The van der Waals surface area contributed by atoms with Crippen LogP contribution >= 0.6 is 0 Å². The predicted octanol–water partition coefficient (Wildman–Crippen LogP) is 0.527. The van der Waals surface area contributed by atoms with Gasteiger partial charge in [0.15, 0.2) is 5.78 Å². The van der Waals surface area contributed by atoms with Crippen molar-refractivity contribution < 1.29 is 14.4 Å². The fourth-order valence-corrected chi connectivity index (χ4v) is 3.08. The minimum absolute atomic E-state index is 0.0678. The molecule has 0 unspecified atom stereocenters. The number of hydrogen-bond acceptors (Lipinski definition) is 5. The quantitative estimate of drug-likeness (QED) is 0.742. The van der Waals surface area contributed by atoms with E-state index >= 15 is 0 Å². The van der Waals surface area contributed by atoms with Crippen molar-refractivity contribution in [2.24, 2.45) is 0 Å². The standard InChI is InChI=1S/C17H21N3O3/c21-15(13-20-16(22)6-7-17(20)23)12-18-8-10-19(11-9-18)14-4-2-1-3-5-14/h1-5H,6-13H2. The first-order valence-electron chi connectivity index (χ1n) is 8.01. The minimum atomic E-state index is -0.225. The fraction of sp³-hybridized carbons (Fsp3) is 0.471. The lowest BCUT2D eigenvalue weighted by molar-refractivity contribution is -0.142. The Morgan fingerprint density at radius 3 is 2.09 bits per heavy atom. The molecule has 0 radical (unpaired) electrons. The average molecular weight is 315 g/mol. The zero-order valence-electron chi connectivity index (χ0n) is 13.1. The van der Waals surface area contributed by atoms with Gasteiger partial charge in [0.1, 0.15) is 0 Å². The van der Waals surface area contributed by atoms with Gasteiger partial charge in [-0.1, -0.05) is 18.2 Å². The Morgan fingerprint density at radius 1 is 0.870 bits per heavy atom. The largest absolute Gasteiger partial charge is 0.369 e. The van der Waals surface area contributed by atoms with Gasteiger partial charge in [-0.15, -0.1) is 0 Å². The molecule has 2 heterocycles. The highest BCUT2D eigenvalue weighted by Crippen LogP contribution is 2.16. The van der Waals surface area contributed by atoms with Crippen molar-refractivity contribution in [1.82, 2.24) is 9.80 Å². The van der Waals surface area contributed by atoms with Crippen molar-refractivity contribution in [3.05, 3.63) is 30.3 Å². The molecule has 0 bridgehead atoms. The summed E-state index contributed by atoms with van der Waals surface area (Å²) in [5.74, 6) is -0.517. The van der Waals surface area contributed by atoms with Crippen LogP contribution in [0, 0.1) is 0 Å². The van der Waals surface area contributed by atoms with Crippen LogP contribution in [0.3, 0.4) is 0 Å². The molecule has 0 atom stereocenters. The summed E-state index contributed by atoms with van der Waals surface area (Å²) in [6.07, 6.45) is 0.476. The van der Waals surface area contributed by atoms with Gasteiger partial charge < -0.3 is 4.90 Å². The first-order valence-corrected chi connectivity index (χ1v) is 8.01. The van der Waals surface area contributed by atoms with Crippen LogP contribution in [-0.4, -0.2) is 66.7 Å². The van der Waals surface area contributed by atoms with Gasteiger partial charge in [0.25, 0.3) is 0 Å². The monoisotopic (exact) mass is 315 g/mol. The number of amides is 2. The highest BCUT2D eigenvalue weighted by molar-refractivity contribution is 6.04. The van der Waals surface area contributed by atoms with E-state index < -0.39 is 0 Å². The summed E-state index contributed by atoms with van der Waals surface area (Å²) in [6.45, 7) is 3.60. The van der Waals surface area contributed by atoms with Crippen molar-refractivity contribution in [3.63, 3.8) is 0 Å². The third kappa shape index (κ3) is 3.76. The molecule has 2 fully saturated rings. The lowest BCUT2D eigenvalue weighted by atomic mass is 10.2. The summed E-state index contributed by atoms with van der Waals surface area (Å²) in [5, 5.41) is 0. The number of rotatable bonds is 5. The molecule has 1 aromatic rings. The predicted molar refractivity (Wildman–Crippen MR) is 86.1 cm³/mol. The molecule has 23 heavy (non-hydrogen) atoms. The fourth-order valence-electron chi connectivity index (χ4n) is 3.08. The number of ketones is 1. The van der Waals surface area contributed by atoms with Crippen molar-refractivity contribution in [2.45, 2.75) is 12.8 Å². The minimum Gasteiger partial charge on any atom is -0.369 e. The first kappa shape index (κ1) is 15.7. The van der Waals surface area contributed by atoms with Crippen LogP contribution in [0.5, 0.6) is 0 Å². The zero-order valence-corrected chi connectivity index (χ0v) is 13.1. The molecule has 6 nitrogen and oxygen atoms in total. The second-order valence-corrected chi connectivity index (χ2v) is 6.01. The van der Waals surface area contributed by atoms with Gasteiger partial charge in [-0.3, -0.25) is 24.2 Å². The van der Waals surface area contributed by atoms with Crippen LogP contribution in [0.4, 0.5) is 5.69 Å². The Morgan fingerprint density at radius 2 is 1.48 bits per heavy atom. The molecule has 1 aromatic carbocycles. The van der Waals surface area contributed by atoms with Crippen LogP contribution in [0.1, 0.15) is 12.8 Å². The lowest BCUT2D eigenvalue weighted by Crippen LogP contribution is -2.49. The number of nitrogens with zero attached hydrogens (tertiary/aromatic N) is 3. The van der Waals surface area contributed by atoms with Gasteiger partial charge in [-0.25, -0.2) is 0 Å². The van der Waals surface area contributed by atoms with Crippen LogP contribution in [0.15, 0.2) is 30.3 Å². The number of imide groups is 1. The molecule has 2 aliphatic rings. The van der Waals surface area contributed by atoms with Gasteiger partial charge >= 0.3 is 0 Å². The zero-order chi connectivity index (χ0) is 16.2. The molecule has 0 aliphatic carbocycles. The van der Waals surface area contributed by atoms with E-state index in [2.05, 4.69) is 21.9 Å². The smallest absolute Gasteiger partial charge is 0.230 e. The maximum Gasteiger partial charge on any atom is 0.230 e. The van der Waals surface area contributed by atoms with E-state index in [9.17, 15) is 14.4 Å². The molecule has 0 N–H and O–H groups in total. The number of piperazine rings is 1. The number of carbonyl (C=O) groups excluding carboxylic acids is 3. The Balaban J connectivity index is 1.46. The van der Waals surface area contributed by atoms with Gasteiger partial charge in [-0.05, 0) is 12.1 Å². The molecule has 2 saturated heterocycles. The molecule has 2 amide bonds. The molecule has 122 valence electrons. The SMILES string of the molecule is O=C(CN1CCN(c2ccccc2)CC1)CN1C(=O)CCC1=O. The second-order valence-electron chi connectivity index (χ2n) is 6.01. The number of para-hydroxylation sites is 1. The number of carbonyl (C=O) groups is 3. The Labute approximate surface area is 135 Å². The second kappa shape index (κ2) is 6.91. The van der Waals surface area contributed by atoms with Crippen LogP contribution in [0.2, 0.25) is 0 Å². The maximum atomic E-state index is 12.1. The summed E-state index contributed by atoms with van der Waals surface area (Å²) in [5.41, 5.74) is 1.20. The van der Waals surface area contributed by atoms with E-state index in [1.165, 1.54) is 5.69 Å². The van der Waals surface area contributed by atoms with E-state index in [-0.39, 0.29) is 37.0 Å². The van der Waals surface area contributed by atoms with Gasteiger partial charge in [0.05, 0.1) is 13.1 Å². The highest BCUT2D eigenvalue weighted by Gasteiger charge is 2.31. The number of likely N-dealkylation sites (tertiary alicyclic amines) is 1.